The van der Waals surface area contributed by atoms with Gasteiger partial charge in [-0.2, -0.15) is 4.99 Å². The third-order valence-electron chi connectivity index (χ3n) is 4.24. The van der Waals surface area contributed by atoms with Gasteiger partial charge in [0.15, 0.2) is 15.0 Å². The number of thioether (sulfide) groups is 1. The van der Waals surface area contributed by atoms with Crippen molar-refractivity contribution in [3.05, 3.63) is 28.2 Å². The molecule has 2 saturated heterocycles. The highest BCUT2D eigenvalue weighted by atomic mass is 35.5. The van der Waals surface area contributed by atoms with Crippen LogP contribution in [0.25, 0.3) is 0 Å². The lowest BCUT2D eigenvalue weighted by molar-refractivity contribution is -0.117. The van der Waals surface area contributed by atoms with Gasteiger partial charge in [-0.1, -0.05) is 35.0 Å². The quantitative estimate of drug-likeness (QED) is 0.689. The average molecular weight is 494 g/mol. The van der Waals surface area contributed by atoms with Crippen LogP contribution in [-0.2, 0) is 19.4 Å². The smallest absolute Gasteiger partial charge is 0.408 e. The third-order valence-corrected chi connectivity index (χ3v) is 8.00. The second-order valence-electron chi connectivity index (χ2n) is 7.91. The maximum Gasteiger partial charge on any atom is 0.408 e. The van der Waals surface area contributed by atoms with Gasteiger partial charge in [-0.05, 0) is 39.0 Å². The van der Waals surface area contributed by atoms with Gasteiger partial charge < -0.3 is 15.0 Å². The SMILES string of the molecule is CC(C)(C)OC(=O)NCC(=O)N=C1S[C@H]2CS(=O)(=O)C[C@H]2N1c1cc(Cl)ccc1Cl. The summed E-state index contributed by atoms with van der Waals surface area (Å²) in [5.74, 6) is -0.689. The number of halogens is 2. The minimum Gasteiger partial charge on any atom is -0.444 e. The number of alkyl carbamates (subject to hydrolysis) is 1. The van der Waals surface area contributed by atoms with E-state index in [2.05, 4.69) is 10.3 Å². The van der Waals surface area contributed by atoms with Gasteiger partial charge in [0.25, 0.3) is 5.91 Å². The number of hydrogen-bond donors (Lipinski definition) is 1. The summed E-state index contributed by atoms with van der Waals surface area (Å²) in [5, 5.41) is 3.18. The monoisotopic (exact) mass is 493 g/mol. The van der Waals surface area contributed by atoms with Crippen LogP contribution in [0.5, 0.6) is 0 Å². The zero-order valence-corrected chi connectivity index (χ0v) is 19.7. The number of nitrogens with one attached hydrogen (secondary N) is 1. The number of rotatable bonds is 3. The van der Waals surface area contributed by atoms with Crippen LogP contribution in [0, 0.1) is 0 Å². The van der Waals surface area contributed by atoms with Gasteiger partial charge in [0.1, 0.15) is 12.1 Å². The van der Waals surface area contributed by atoms with E-state index >= 15 is 0 Å². The predicted octanol–water partition coefficient (Wildman–Crippen LogP) is 3.12. The maximum absolute atomic E-state index is 12.4. The standard InChI is InChI=1S/C18H21Cl2N3O5S2/c1-18(2,3)28-17(25)21-7-15(24)22-16-23(12-6-10(19)4-5-11(12)20)13-8-30(26,27)9-14(13)29-16/h4-6,13-14H,7-9H2,1-3H3,(H,21,25)/t13-,14+/m1/s1. The zero-order valence-electron chi connectivity index (χ0n) is 16.5. The molecule has 12 heteroatoms. The molecule has 0 aromatic heterocycles. The highest BCUT2D eigenvalue weighted by Crippen LogP contribution is 2.43. The molecule has 2 aliphatic rings. The Morgan fingerprint density at radius 2 is 2.00 bits per heavy atom. The van der Waals surface area contributed by atoms with Crippen LogP contribution in [-0.4, -0.2) is 60.5 Å². The lowest BCUT2D eigenvalue weighted by Crippen LogP contribution is -2.39. The molecule has 2 aliphatic heterocycles. The fourth-order valence-electron chi connectivity index (χ4n) is 3.12. The summed E-state index contributed by atoms with van der Waals surface area (Å²) in [6.07, 6.45) is -0.729. The number of sulfone groups is 1. The van der Waals surface area contributed by atoms with Crippen molar-refractivity contribution in [2.75, 3.05) is 23.0 Å². The number of amidine groups is 1. The molecular weight excluding hydrogens is 473 g/mol. The van der Waals surface area contributed by atoms with Crippen molar-refractivity contribution in [2.45, 2.75) is 37.7 Å². The summed E-state index contributed by atoms with van der Waals surface area (Å²) in [4.78, 5) is 29.9. The maximum atomic E-state index is 12.4. The fourth-order valence-corrected chi connectivity index (χ4v) is 7.42. The molecule has 0 saturated carbocycles. The molecule has 3 rings (SSSR count). The molecule has 8 nitrogen and oxygen atoms in total. The third kappa shape index (κ3) is 5.60. The molecular formula is C18H21Cl2N3O5S2. The number of hydrogen-bond acceptors (Lipinski definition) is 6. The first kappa shape index (κ1) is 23.2. The Morgan fingerprint density at radius 3 is 2.67 bits per heavy atom. The van der Waals surface area contributed by atoms with Crippen molar-refractivity contribution in [3.8, 4) is 0 Å². The van der Waals surface area contributed by atoms with Crippen LogP contribution < -0.4 is 10.2 Å². The van der Waals surface area contributed by atoms with Crippen molar-refractivity contribution < 1.29 is 22.7 Å². The Hall–Kier alpha value is -1.49. The van der Waals surface area contributed by atoms with Gasteiger partial charge in [0.2, 0.25) is 0 Å². The lowest BCUT2D eigenvalue weighted by Gasteiger charge is -2.25. The van der Waals surface area contributed by atoms with E-state index in [0.29, 0.717) is 20.9 Å². The van der Waals surface area contributed by atoms with Crippen LogP contribution in [0.15, 0.2) is 23.2 Å². The molecule has 2 amide bonds. The summed E-state index contributed by atoms with van der Waals surface area (Å²) >= 11 is 13.6. The summed E-state index contributed by atoms with van der Waals surface area (Å²) in [5.41, 5.74) is -0.212. The fraction of sp³-hybridized carbons (Fsp3) is 0.500. The highest BCUT2D eigenvalue weighted by Gasteiger charge is 2.49. The number of nitrogens with zero attached hydrogens (tertiary/aromatic N) is 2. The van der Waals surface area contributed by atoms with Gasteiger partial charge in [-0.15, -0.1) is 0 Å². The first-order chi connectivity index (χ1) is 13.8. The summed E-state index contributed by atoms with van der Waals surface area (Å²) in [6, 6.07) is 4.41. The minimum atomic E-state index is -3.21. The molecule has 0 unspecified atom stereocenters. The average Bonchev–Trinajstić information content (AvgIpc) is 3.04. The molecule has 0 radical (unpaired) electrons. The second-order valence-corrected chi connectivity index (χ2v) is 12.1. The largest absolute Gasteiger partial charge is 0.444 e. The van der Waals surface area contributed by atoms with Crippen molar-refractivity contribution in [3.63, 3.8) is 0 Å². The lowest BCUT2D eigenvalue weighted by atomic mass is 10.2. The van der Waals surface area contributed by atoms with Crippen LogP contribution in [0.1, 0.15) is 20.8 Å². The molecule has 1 aromatic carbocycles. The second kappa shape index (κ2) is 8.57. The number of aliphatic imine (C=N–C) groups is 1. The molecule has 164 valence electrons. The molecule has 0 bridgehead atoms. The van der Waals surface area contributed by atoms with Crippen molar-refractivity contribution in [2.24, 2.45) is 4.99 Å². The van der Waals surface area contributed by atoms with E-state index in [0.717, 1.165) is 0 Å². The Bertz CT molecular complexity index is 1010. The molecule has 0 aliphatic carbocycles. The Kier molecular flexibility index (Phi) is 6.62. The van der Waals surface area contributed by atoms with Gasteiger partial charge >= 0.3 is 6.09 Å². The van der Waals surface area contributed by atoms with Gasteiger partial charge in [0.05, 0.1) is 28.3 Å². The predicted molar refractivity (Wildman–Crippen MR) is 119 cm³/mol. The number of ether oxygens (including phenoxy) is 1. The normalized spacial score (nSPS) is 24.0. The Balaban J connectivity index is 1.83. The highest BCUT2D eigenvalue weighted by molar-refractivity contribution is 8.16. The number of carbonyl (C=O) groups is 2. The minimum absolute atomic E-state index is 0.0135. The Labute approximate surface area is 189 Å². The summed E-state index contributed by atoms with van der Waals surface area (Å²) in [6.45, 7) is 4.78. The number of amides is 2. The summed E-state index contributed by atoms with van der Waals surface area (Å²) in [7, 11) is -3.21. The molecule has 2 heterocycles. The Morgan fingerprint density at radius 1 is 1.30 bits per heavy atom. The van der Waals surface area contributed by atoms with Gasteiger partial charge in [-0.3, -0.25) is 4.79 Å². The molecule has 0 spiro atoms. The van der Waals surface area contributed by atoms with Crippen LogP contribution in [0.4, 0.5) is 10.5 Å². The number of carbonyl (C=O) groups excluding carboxylic acids is 2. The molecule has 2 atom stereocenters. The van der Waals surface area contributed by atoms with Crippen molar-refractivity contribution >= 4 is 67.7 Å². The van der Waals surface area contributed by atoms with E-state index in [1.54, 1.807) is 43.9 Å². The van der Waals surface area contributed by atoms with E-state index in [-0.39, 0.29) is 23.3 Å². The van der Waals surface area contributed by atoms with Crippen LogP contribution >= 0.6 is 35.0 Å². The molecule has 30 heavy (non-hydrogen) atoms. The zero-order chi connectivity index (χ0) is 22.3. The van der Waals surface area contributed by atoms with Crippen molar-refractivity contribution in [1.29, 1.82) is 0 Å². The van der Waals surface area contributed by atoms with E-state index in [1.807, 2.05) is 0 Å². The molecule has 1 aromatic rings. The first-order valence-electron chi connectivity index (χ1n) is 9.04. The number of anilines is 1. The van der Waals surface area contributed by atoms with Gasteiger partial charge in [0, 0.05) is 10.3 Å². The van der Waals surface area contributed by atoms with E-state index < -0.39 is 33.5 Å². The topological polar surface area (TPSA) is 105 Å². The number of fused-ring (bicyclic) bond motifs is 1. The van der Waals surface area contributed by atoms with Crippen LogP contribution in [0.3, 0.4) is 0 Å². The van der Waals surface area contributed by atoms with Crippen molar-refractivity contribution in [1.82, 2.24) is 5.32 Å². The summed E-state index contributed by atoms with van der Waals surface area (Å²) < 4.78 is 29.3. The van der Waals surface area contributed by atoms with E-state index in [1.165, 1.54) is 11.8 Å². The van der Waals surface area contributed by atoms with Gasteiger partial charge in [-0.25, -0.2) is 13.2 Å². The number of benzene rings is 1. The van der Waals surface area contributed by atoms with Crippen LogP contribution in [0.2, 0.25) is 10.0 Å². The molecule has 1 N–H and O–H groups in total. The van der Waals surface area contributed by atoms with E-state index in [4.69, 9.17) is 27.9 Å². The van der Waals surface area contributed by atoms with E-state index in [9.17, 15) is 18.0 Å². The molecule has 2 fully saturated rings. The first-order valence-corrected chi connectivity index (χ1v) is 12.5.